The van der Waals surface area contributed by atoms with Crippen molar-refractivity contribution in [2.75, 3.05) is 31.1 Å². The molecule has 2 heterocycles. The van der Waals surface area contributed by atoms with Crippen molar-refractivity contribution in [2.45, 2.75) is 26.3 Å². The number of anilines is 1. The lowest BCUT2D eigenvalue weighted by molar-refractivity contribution is -0.138. The molecule has 2 atom stereocenters. The molecule has 2 aliphatic heterocycles. The zero-order valence-corrected chi connectivity index (χ0v) is 13.5. The van der Waals surface area contributed by atoms with Gasteiger partial charge in [0.2, 0.25) is 11.8 Å². The van der Waals surface area contributed by atoms with Gasteiger partial charge in [0, 0.05) is 38.6 Å². The van der Waals surface area contributed by atoms with Gasteiger partial charge in [-0.25, -0.2) is 4.39 Å². The molecule has 0 aromatic heterocycles. The third kappa shape index (κ3) is 3.08. The van der Waals surface area contributed by atoms with E-state index < -0.39 is 5.82 Å². The first-order valence-corrected chi connectivity index (χ1v) is 8.05. The van der Waals surface area contributed by atoms with E-state index in [1.54, 1.807) is 19.1 Å². The number of piperazine rings is 1. The average molecular weight is 319 g/mol. The maximum Gasteiger partial charge on any atom is 0.228 e. The highest BCUT2D eigenvalue weighted by molar-refractivity contribution is 6.00. The number of nitrogens with one attached hydrogen (secondary N) is 1. The van der Waals surface area contributed by atoms with Crippen molar-refractivity contribution >= 4 is 17.5 Å². The lowest BCUT2D eigenvalue weighted by atomic mass is 10.0. The quantitative estimate of drug-likeness (QED) is 0.894. The molecule has 2 fully saturated rings. The monoisotopic (exact) mass is 319 g/mol. The van der Waals surface area contributed by atoms with E-state index in [1.807, 2.05) is 11.8 Å². The number of rotatable bonds is 2. The number of hydrogen-bond donors (Lipinski definition) is 1. The van der Waals surface area contributed by atoms with Crippen molar-refractivity contribution in [1.82, 2.24) is 10.2 Å². The Morgan fingerprint density at radius 2 is 2.17 bits per heavy atom. The summed E-state index contributed by atoms with van der Waals surface area (Å²) in [5.74, 6) is -0.984. The highest BCUT2D eigenvalue weighted by Gasteiger charge is 2.39. The molecule has 5 nitrogen and oxygen atoms in total. The van der Waals surface area contributed by atoms with Crippen LogP contribution in [0.1, 0.15) is 18.9 Å². The fraction of sp³-hybridized carbons (Fsp3) is 0.529. The van der Waals surface area contributed by atoms with Crippen molar-refractivity contribution in [2.24, 2.45) is 5.92 Å². The summed E-state index contributed by atoms with van der Waals surface area (Å²) in [5, 5.41) is 3.25. The fourth-order valence-corrected chi connectivity index (χ4v) is 3.34. The van der Waals surface area contributed by atoms with Crippen molar-refractivity contribution in [3.8, 4) is 0 Å². The summed E-state index contributed by atoms with van der Waals surface area (Å²) in [6, 6.07) is 4.93. The Balaban J connectivity index is 1.75. The third-order valence-corrected chi connectivity index (χ3v) is 4.65. The smallest absolute Gasteiger partial charge is 0.228 e. The van der Waals surface area contributed by atoms with Crippen LogP contribution in [-0.4, -0.2) is 48.9 Å². The lowest BCUT2D eigenvalue weighted by Crippen LogP contribution is -2.54. The molecule has 0 saturated carbocycles. The fourth-order valence-electron chi connectivity index (χ4n) is 3.34. The molecule has 0 bridgehead atoms. The van der Waals surface area contributed by atoms with Crippen LogP contribution in [-0.2, 0) is 9.59 Å². The Hall–Kier alpha value is -1.95. The van der Waals surface area contributed by atoms with Crippen molar-refractivity contribution < 1.29 is 14.0 Å². The highest BCUT2D eigenvalue weighted by Crippen LogP contribution is 2.29. The maximum atomic E-state index is 14.1. The van der Waals surface area contributed by atoms with Crippen LogP contribution in [0.2, 0.25) is 0 Å². The van der Waals surface area contributed by atoms with Crippen LogP contribution in [0.3, 0.4) is 0 Å². The average Bonchev–Trinajstić information content (AvgIpc) is 2.89. The largest absolute Gasteiger partial charge is 0.337 e. The molecule has 2 amide bonds. The number of hydrogen-bond acceptors (Lipinski definition) is 3. The molecule has 124 valence electrons. The van der Waals surface area contributed by atoms with Crippen molar-refractivity contribution in [1.29, 1.82) is 0 Å². The van der Waals surface area contributed by atoms with Crippen LogP contribution >= 0.6 is 0 Å². The molecule has 2 aliphatic rings. The second kappa shape index (κ2) is 6.28. The van der Waals surface area contributed by atoms with Gasteiger partial charge in [0.1, 0.15) is 5.82 Å². The Bertz CT molecular complexity index is 634. The standard InChI is InChI=1S/C17H22FN3O2/c1-11-3-4-15(14(18)7-11)21-10-13(8-16(21)22)17(23)20-6-5-19-9-12(20)2/h3-4,7,12-13,19H,5-6,8-10H2,1-2H3/t12-,13?/m1/s1. The molecule has 1 unspecified atom stereocenters. The van der Waals surface area contributed by atoms with Crippen LogP contribution in [0.15, 0.2) is 18.2 Å². The van der Waals surface area contributed by atoms with Crippen LogP contribution in [0.25, 0.3) is 0 Å². The second-order valence-electron chi connectivity index (χ2n) is 6.45. The Morgan fingerprint density at radius 1 is 1.39 bits per heavy atom. The molecule has 1 N–H and O–H groups in total. The summed E-state index contributed by atoms with van der Waals surface area (Å²) in [6.45, 7) is 6.25. The molecule has 6 heteroatoms. The van der Waals surface area contributed by atoms with Gasteiger partial charge in [-0.2, -0.15) is 0 Å². The first-order chi connectivity index (χ1) is 11.0. The number of halogens is 1. The topological polar surface area (TPSA) is 52.7 Å². The van der Waals surface area contributed by atoms with Crippen LogP contribution < -0.4 is 10.2 Å². The van der Waals surface area contributed by atoms with E-state index in [4.69, 9.17) is 0 Å². The molecule has 0 radical (unpaired) electrons. The lowest BCUT2D eigenvalue weighted by Gasteiger charge is -2.35. The van der Waals surface area contributed by atoms with E-state index in [9.17, 15) is 14.0 Å². The minimum Gasteiger partial charge on any atom is -0.337 e. The predicted molar refractivity (Wildman–Crippen MR) is 85.6 cm³/mol. The van der Waals surface area contributed by atoms with E-state index in [0.717, 1.165) is 18.7 Å². The second-order valence-corrected chi connectivity index (χ2v) is 6.45. The normalized spacial score (nSPS) is 25.1. The van der Waals surface area contributed by atoms with Gasteiger partial charge in [-0.05, 0) is 31.5 Å². The number of nitrogens with zero attached hydrogens (tertiary/aromatic N) is 2. The van der Waals surface area contributed by atoms with E-state index >= 15 is 0 Å². The molecule has 0 spiro atoms. The summed E-state index contributed by atoms with van der Waals surface area (Å²) in [7, 11) is 0. The molecule has 1 aromatic carbocycles. The third-order valence-electron chi connectivity index (χ3n) is 4.65. The number of amides is 2. The van der Waals surface area contributed by atoms with Gasteiger partial charge in [0.15, 0.2) is 0 Å². The molecule has 2 saturated heterocycles. The zero-order valence-electron chi connectivity index (χ0n) is 13.5. The zero-order chi connectivity index (χ0) is 16.6. The minimum absolute atomic E-state index is 0.00219. The highest BCUT2D eigenvalue weighted by atomic mass is 19.1. The molecule has 23 heavy (non-hydrogen) atoms. The Labute approximate surface area is 135 Å². The van der Waals surface area contributed by atoms with Gasteiger partial charge < -0.3 is 15.1 Å². The van der Waals surface area contributed by atoms with Gasteiger partial charge in [-0.3, -0.25) is 9.59 Å². The summed E-state index contributed by atoms with van der Waals surface area (Å²) in [5.41, 5.74) is 1.07. The molecular formula is C17H22FN3O2. The van der Waals surface area contributed by atoms with Gasteiger partial charge in [0.05, 0.1) is 11.6 Å². The van der Waals surface area contributed by atoms with Gasteiger partial charge >= 0.3 is 0 Å². The van der Waals surface area contributed by atoms with E-state index in [-0.39, 0.29) is 42.4 Å². The maximum absolute atomic E-state index is 14.1. The summed E-state index contributed by atoms with van der Waals surface area (Å²) >= 11 is 0. The van der Waals surface area contributed by atoms with Crippen LogP contribution in [0, 0.1) is 18.7 Å². The van der Waals surface area contributed by atoms with Crippen molar-refractivity contribution in [3.63, 3.8) is 0 Å². The van der Waals surface area contributed by atoms with Gasteiger partial charge in [0.25, 0.3) is 0 Å². The number of benzene rings is 1. The summed E-state index contributed by atoms with van der Waals surface area (Å²) < 4.78 is 14.1. The Morgan fingerprint density at radius 3 is 2.87 bits per heavy atom. The Kier molecular flexibility index (Phi) is 4.35. The van der Waals surface area contributed by atoms with Gasteiger partial charge in [-0.15, -0.1) is 0 Å². The number of aryl methyl sites for hydroxylation is 1. The summed E-state index contributed by atoms with van der Waals surface area (Å²) in [6.07, 6.45) is 0.156. The van der Waals surface area contributed by atoms with Gasteiger partial charge in [-0.1, -0.05) is 6.07 Å². The predicted octanol–water partition coefficient (Wildman–Crippen LogP) is 1.31. The SMILES string of the molecule is Cc1ccc(N2CC(C(=O)N3CCNC[C@H]3C)CC2=O)c(F)c1. The molecular weight excluding hydrogens is 297 g/mol. The first-order valence-electron chi connectivity index (χ1n) is 8.05. The number of carbonyl (C=O) groups is 2. The van der Waals surface area contributed by atoms with E-state index in [2.05, 4.69) is 5.32 Å². The molecule has 0 aliphatic carbocycles. The van der Waals surface area contributed by atoms with E-state index in [0.29, 0.717) is 6.54 Å². The van der Waals surface area contributed by atoms with Crippen molar-refractivity contribution in [3.05, 3.63) is 29.6 Å². The molecule has 1 aromatic rings. The van der Waals surface area contributed by atoms with Crippen LogP contribution in [0.4, 0.5) is 10.1 Å². The summed E-state index contributed by atoms with van der Waals surface area (Å²) in [4.78, 5) is 28.2. The molecule has 3 rings (SSSR count). The first kappa shape index (κ1) is 15.9. The minimum atomic E-state index is -0.415. The number of carbonyl (C=O) groups excluding carboxylic acids is 2. The van der Waals surface area contributed by atoms with Crippen LogP contribution in [0.5, 0.6) is 0 Å². The van der Waals surface area contributed by atoms with E-state index in [1.165, 1.54) is 11.0 Å².